The first kappa shape index (κ1) is 19.7. The number of methoxy groups -OCH3 is 1. The van der Waals surface area contributed by atoms with E-state index >= 15 is 0 Å². The summed E-state index contributed by atoms with van der Waals surface area (Å²) in [7, 11) is 1.66. The lowest BCUT2D eigenvalue weighted by Gasteiger charge is -2.30. The number of hydrogen-bond acceptors (Lipinski definition) is 5. The van der Waals surface area contributed by atoms with Crippen LogP contribution in [-0.4, -0.2) is 23.3 Å². The highest BCUT2D eigenvalue weighted by molar-refractivity contribution is 5.89. The van der Waals surface area contributed by atoms with E-state index < -0.39 is 17.5 Å². The summed E-state index contributed by atoms with van der Waals surface area (Å²) in [5.41, 5.74) is 1.16. The van der Waals surface area contributed by atoms with Crippen LogP contribution in [0.4, 0.5) is 0 Å². The fourth-order valence-corrected chi connectivity index (χ4v) is 3.33. The molecule has 152 valence electrons. The number of benzene rings is 2. The van der Waals surface area contributed by atoms with E-state index in [0.29, 0.717) is 12.5 Å². The van der Waals surface area contributed by atoms with Gasteiger partial charge in [0.2, 0.25) is 5.88 Å². The molecule has 0 spiro atoms. The van der Waals surface area contributed by atoms with Gasteiger partial charge >= 0.3 is 0 Å². The molecule has 1 saturated heterocycles. The Morgan fingerprint density at radius 1 is 0.897 bits per heavy atom. The number of pyridine rings is 1. The standard InChI is InChI=1S/C24H27NO4/c1-23(2)24(3,4)29-22(28-23)20-14-25-21(19-9-7-6-8-18(19)20)27-15-16-10-12-17(26-5)13-11-16/h6-14,22H,15H2,1-5H3. The van der Waals surface area contributed by atoms with Crippen LogP contribution < -0.4 is 9.47 Å². The molecule has 5 heteroatoms. The Kier molecular flexibility index (Phi) is 4.97. The van der Waals surface area contributed by atoms with Crippen molar-refractivity contribution < 1.29 is 18.9 Å². The van der Waals surface area contributed by atoms with Crippen molar-refractivity contribution in [3.05, 3.63) is 65.9 Å². The summed E-state index contributed by atoms with van der Waals surface area (Å²) in [6, 6.07) is 15.9. The Balaban J connectivity index is 1.62. The Bertz CT molecular complexity index is 995. The molecule has 2 aromatic carbocycles. The van der Waals surface area contributed by atoms with Gasteiger partial charge in [0.05, 0.1) is 18.3 Å². The van der Waals surface area contributed by atoms with Crippen molar-refractivity contribution in [1.82, 2.24) is 4.98 Å². The van der Waals surface area contributed by atoms with E-state index in [0.717, 1.165) is 27.6 Å². The van der Waals surface area contributed by atoms with E-state index in [9.17, 15) is 0 Å². The van der Waals surface area contributed by atoms with Gasteiger partial charge in [0.15, 0.2) is 6.29 Å². The highest BCUT2D eigenvalue weighted by atomic mass is 16.7. The molecule has 0 saturated carbocycles. The average Bonchev–Trinajstić information content (AvgIpc) is 2.93. The molecule has 4 rings (SSSR count). The lowest BCUT2D eigenvalue weighted by atomic mass is 9.90. The third kappa shape index (κ3) is 3.68. The zero-order valence-electron chi connectivity index (χ0n) is 17.6. The van der Waals surface area contributed by atoms with Crippen molar-refractivity contribution in [2.24, 2.45) is 0 Å². The third-order valence-electron chi connectivity index (χ3n) is 5.83. The van der Waals surface area contributed by atoms with Crippen molar-refractivity contribution in [3.63, 3.8) is 0 Å². The van der Waals surface area contributed by atoms with Crippen LogP contribution in [0.15, 0.2) is 54.7 Å². The monoisotopic (exact) mass is 393 g/mol. The minimum Gasteiger partial charge on any atom is -0.497 e. The molecule has 3 aromatic rings. The van der Waals surface area contributed by atoms with Crippen LogP contribution in [0.1, 0.15) is 45.1 Å². The summed E-state index contributed by atoms with van der Waals surface area (Å²) >= 11 is 0. The van der Waals surface area contributed by atoms with Crippen molar-refractivity contribution in [1.29, 1.82) is 0 Å². The molecule has 0 bridgehead atoms. The van der Waals surface area contributed by atoms with Crippen molar-refractivity contribution >= 4 is 10.8 Å². The van der Waals surface area contributed by atoms with Crippen LogP contribution in [0.5, 0.6) is 11.6 Å². The quantitative estimate of drug-likeness (QED) is 0.579. The summed E-state index contributed by atoms with van der Waals surface area (Å²) in [6.45, 7) is 8.63. The fourth-order valence-electron chi connectivity index (χ4n) is 3.33. The van der Waals surface area contributed by atoms with E-state index in [4.69, 9.17) is 18.9 Å². The van der Waals surface area contributed by atoms with Gasteiger partial charge < -0.3 is 18.9 Å². The first-order valence-electron chi connectivity index (χ1n) is 9.80. The van der Waals surface area contributed by atoms with Gasteiger partial charge in [-0.3, -0.25) is 0 Å². The maximum Gasteiger partial charge on any atom is 0.221 e. The first-order valence-corrected chi connectivity index (χ1v) is 9.80. The Morgan fingerprint density at radius 3 is 2.14 bits per heavy atom. The predicted octanol–water partition coefficient (Wildman–Crippen LogP) is 5.43. The van der Waals surface area contributed by atoms with Gasteiger partial charge in [0, 0.05) is 17.1 Å². The Hall–Kier alpha value is -2.63. The number of rotatable bonds is 5. The van der Waals surface area contributed by atoms with Gasteiger partial charge in [-0.25, -0.2) is 4.98 Å². The highest BCUT2D eigenvalue weighted by Gasteiger charge is 2.49. The predicted molar refractivity (Wildman–Crippen MR) is 112 cm³/mol. The zero-order chi connectivity index (χ0) is 20.6. The second-order valence-corrected chi connectivity index (χ2v) is 8.29. The molecule has 0 atom stereocenters. The van der Waals surface area contributed by atoms with Crippen LogP contribution in [0.2, 0.25) is 0 Å². The van der Waals surface area contributed by atoms with Gasteiger partial charge in [-0.2, -0.15) is 0 Å². The van der Waals surface area contributed by atoms with Gasteiger partial charge in [0.25, 0.3) is 0 Å². The van der Waals surface area contributed by atoms with Gasteiger partial charge in [-0.05, 0) is 56.8 Å². The lowest BCUT2D eigenvalue weighted by Crippen LogP contribution is -2.41. The van der Waals surface area contributed by atoms with Gasteiger partial charge in [0.1, 0.15) is 12.4 Å². The van der Waals surface area contributed by atoms with E-state index in [1.54, 1.807) is 13.3 Å². The molecule has 0 N–H and O–H groups in total. The molecule has 0 amide bonds. The van der Waals surface area contributed by atoms with E-state index in [1.807, 2.05) is 42.5 Å². The SMILES string of the molecule is COc1ccc(COc2ncc(C3OC(C)(C)C(C)(C)O3)c3ccccc23)cc1. The Labute approximate surface area is 171 Å². The molecular weight excluding hydrogens is 366 g/mol. The molecule has 5 nitrogen and oxygen atoms in total. The minimum atomic E-state index is -0.465. The minimum absolute atomic E-state index is 0.400. The third-order valence-corrected chi connectivity index (χ3v) is 5.83. The van der Waals surface area contributed by atoms with Crippen molar-refractivity contribution in [3.8, 4) is 11.6 Å². The highest BCUT2D eigenvalue weighted by Crippen LogP contribution is 2.46. The fraction of sp³-hybridized carbons (Fsp3) is 0.375. The second-order valence-electron chi connectivity index (χ2n) is 8.29. The maximum atomic E-state index is 6.23. The van der Waals surface area contributed by atoms with Crippen molar-refractivity contribution in [2.45, 2.75) is 51.8 Å². The Morgan fingerprint density at radius 2 is 1.52 bits per heavy atom. The number of nitrogens with zero attached hydrogens (tertiary/aromatic N) is 1. The maximum absolute atomic E-state index is 6.23. The summed E-state index contributed by atoms with van der Waals surface area (Å²) in [6.07, 6.45) is 1.33. The molecule has 0 aliphatic carbocycles. The van der Waals surface area contributed by atoms with Gasteiger partial charge in [-0.1, -0.05) is 30.3 Å². The molecule has 1 fully saturated rings. The number of aromatic nitrogens is 1. The van der Waals surface area contributed by atoms with Crippen LogP contribution in [0.25, 0.3) is 10.8 Å². The normalized spacial score (nSPS) is 18.1. The molecule has 0 unspecified atom stereocenters. The van der Waals surface area contributed by atoms with Crippen LogP contribution in [-0.2, 0) is 16.1 Å². The first-order chi connectivity index (χ1) is 13.8. The lowest BCUT2D eigenvalue weighted by molar-refractivity contribution is -0.0887. The number of ether oxygens (including phenoxy) is 4. The second kappa shape index (κ2) is 7.32. The molecule has 1 aromatic heterocycles. The molecule has 2 heterocycles. The van der Waals surface area contributed by atoms with Crippen LogP contribution in [0, 0.1) is 0 Å². The summed E-state index contributed by atoms with van der Waals surface area (Å²) in [5, 5.41) is 1.96. The van der Waals surface area contributed by atoms with E-state index in [-0.39, 0.29) is 0 Å². The average molecular weight is 393 g/mol. The van der Waals surface area contributed by atoms with E-state index in [1.165, 1.54) is 0 Å². The van der Waals surface area contributed by atoms with Crippen molar-refractivity contribution in [2.75, 3.05) is 7.11 Å². The largest absolute Gasteiger partial charge is 0.497 e. The summed E-state index contributed by atoms with van der Waals surface area (Å²) in [4.78, 5) is 4.59. The molecule has 1 aliphatic rings. The van der Waals surface area contributed by atoms with Crippen LogP contribution >= 0.6 is 0 Å². The zero-order valence-corrected chi connectivity index (χ0v) is 17.6. The molecule has 1 aliphatic heterocycles. The molecular formula is C24H27NO4. The number of hydrogen-bond donors (Lipinski definition) is 0. The smallest absolute Gasteiger partial charge is 0.221 e. The van der Waals surface area contributed by atoms with Crippen LogP contribution in [0.3, 0.4) is 0 Å². The molecule has 29 heavy (non-hydrogen) atoms. The topological polar surface area (TPSA) is 49.8 Å². The summed E-state index contributed by atoms with van der Waals surface area (Å²) < 4.78 is 23.7. The van der Waals surface area contributed by atoms with E-state index in [2.05, 4.69) is 38.7 Å². The number of fused-ring (bicyclic) bond motifs is 1. The molecule has 0 radical (unpaired) electrons. The summed E-state index contributed by atoms with van der Waals surface area (Å²) in [5.74, 6) is 1.42. The van der Waals surface area contributed by atoms with Gasteiger partial charge in [-0.15, -0.1) is 0 Å².